The molecular formula is C32H54O12. The third-order valence-corrected chi connectivity index (χ3v) is 7.96. The Morgan fingerprint density at radius 2 is 0.909 bits per heavy atom. The van der Waals surface area contributed by atoms with Crippen LogP contribution in [0, 0.1) is 0 Å². The summed E-state index contributed by atoms with van der Waals surface area (Å²) < 4.78 is 21.8. The van der Waals surface area contributed by atoms with E-state index in [9.17, 15) is 40.9 Å². The number of rotatable bonds is 17. The van der Waals surface area contributed by atoms with E-state index in [1.807, 2.05) is 19.9 Å². The normalized spacial score (nSPS) is 34.5. The smallest absolute Gasteiger partial charge is 0.187 e. The second-order valence-corrected chi connectivity index (χ2v) is 11.9. The van der Waals surface area contributed by atoms with Crippen molar-refractivity contribution in [2.45, 2.75) is 128 Å². The quantitative estimate of drug-likeness (QED) is 0.105. The molecule has 0 aromatic heterocycles. The Balaban J connectivity index is 1.63. The lowest BCUT2D eigenvalue weighted by Crippen LogP contribution is -2.59. The maximum absolute atomic E-state index is 10.1. The summed E-state index contributed by atoms with van der Waals surface area (Å²) in [5.41, 5.74) is 4.64. The van der Waals surface area contributed by atoms with Crippen molar-refractivity contribution in [2.75, 3.05) is 26.4 Å². The molecule has 2 heterocycles. The molecule has 254 valence electrons. The van der Waals surface area contributed by atoms with E-state index in [1.165, 1.54) is 11.1 Å². The van der Waals surface area contributed by atoms with Crippen molar-refractivity contribution in [1.82, 2.24) is 0 Å². The third kappa shape index (κ3) is 12.3. The van der Waals surface area contributed by atoms with Crippen LogP contribution in [0.5, 0.6) is 0 Å². The Morgan fingerprint density at radius 3 is 1.34 bits per heavy atom. The van der Waals surface area contributed by atoms with Gasteiger partial charge in [-0.1, -0.05) is 46.6 Å². The molecule has 0 aromatic rings. The zero-order valence-corrected chi connectivity index (χ0v) is 26.4. The van der Waals surface area contributed by atoms with Gasteiger partial charge in [-0.2, -0.15) is 0 Å². The van der Waals surface area contributed by atoms with Crippen molar-refractivity contribution in [3.8, 4) is 0 Å². The average molecular weight is 631 g/mol. The number of aliphatic hydroxyl groups excluding tert-OH is 8. The van der Waals surface area contributed by atoms with E-state index >= 15 is 0 Å². The summed E-state index contributed by atoms with van der Waals surface area (Å²) in [7, 11) is 0. The van der Waals surface area contributed by atoms with Gasteiger partial charge in [0.1, 0.15) is 48.8 Å². The Bertz CT molecular complexity index is 959. The summed E-state index contributed by atoms with van der Waals surface area (Å²) >= 11 is 0. The molecule has 2 fully saturated rings. The second kappa shape index (κ2) is 19.9. The lowest BCUT2D eigenvalue weighted by molar-refractivity contribution is -0.299. The zero-order chi connectivity index (χ0) is 32.8. The standard InChI is InChI=1S/C32H54O12/c1-19(10-6-12-21(3)14-15-41-31-29(39)27(37)25(35)23(16-33)43-31)8-5-9-20(2)11-7-13-22(4)18-42-32-30(40)28(38)26(36)24(17-34)44-32/h9-10,13-14,23-40H,5-8,11-12,15-18H2,1-4H3/b19-10+,20-9+,21-14+,22-13+/t23-,24-,25-,26-,27+,28+,29-,30-,31-,32-/m1/s1. The molecule has 0 amide bonds. The predicted octanol–water partition coefficient (Wildman–Crippen LogP) is 0.745. The molecule has 0 aliphatic carbocycles. The highest BCUT2D eigenvalue weighted by Gasteiger charge is 2.45. The van der Waals surface area contributed by atoms with Crippen molar-refractivity contribution in [3.63, 3.8) is 0 Å². The van der Waals surface area contributed by atoms with Gasteiger partial charge < -0.3 is 59.8 Å². The molecule has 0 unspecified atom stereocenters. The molecule has 44 heavy (non-hydrogen) atoms. The Morgan fingerprint density at radius 1 is 0.523 bits per heavy atom. The largest absolute Gasteiger partial charge is 0.394 e. The molecule has 0 spiro atoms. The summed E-state index contributed by atoms with van der Waals surface area (Å²) in [6.45, 7) is 7.49. The number of aliphatic hydroxyl groups is 8. The molecule has 12 nitrogen and oxygen atoms in total. The summed E-state index contributed by atoms with van der Waals surface area (Å²) in [6, 6.07) is 0. The fourth-order valence-corrected chi connectivity index (χ4v) is 4.91. The van der Waals surface area contributed by atoms with Crippen LogP contribution in [0.2, 0.25) is 0 Å². The fraction of sp³-hybridized carbons (Fsp3) is 0.750. The van der Waals surface area contributed by atoms with Gasteiger partial charge >= 0.3 is 0 Å². The molecule has 0 saturated carbocycles. The zero-order valence-electron chi connectivity index (χ0n) is 26.4. The first-order chi connectivity index (χ1) is 20.9. The summed E-state index contributed by atoms with van der Waals surface area (Å²) in [6.07, 6.45) is 0.977. The van der Waals surface area contributed by atoms with Gasteiger partial charge in [0.2, 0.25) is 0 Å². The van der Waals surface area contributed by atoms with E-state index in [0.717, 1.165) is 49.7 Å². The topological polar surface area (TPSA) is 199 Å². The molecule has 0 radical (unpaired) electrons. The maximum Gasteiger partial charge on any atom is 0.187 e. The lowest BCUT2D eigenvalue weighted by atomic mass is 9.99. The monoisotopic (exact) mass is 630 g/mol. The van der Waals surface area contributed by atoms with Gasteiger partial charge in [-0.05, 0) is 66.2 Å². The minimum absolute atomic E-state index is 0.168. The Hall–Kier alpha value is -1.52. The van der Waals surface area contributed by atoms with Crippen LogP contribution < -0.4 is 0 Å². The molecule has 2 rings (SSSR count). The van der Waals surface area contributed by atoms with E-state index in [-0.39, 0.29) is 13.2 Å². The summed E-state index contributed by atoms with van der Waals surface area (Å²) in [5, 5.41) is 78.1. The predicted molar refractivity (Wildman–Crippen MR) is 162 cm³/mol. The van der Waals surface area contributed by atoms with Crippen molar-refractivity contribution in [3.05, 3.63) is 46.6 Å². The van der Waals surface area contributed by atoms with Gasteiger partial charge in [-0.15, -0.1) is 0 Å². The Kier molecular flexibility index (Phi) is 17.5. The van der Waals surface area contributed by atoms with Gasteiger partial charge in [0, 0.05) is 0 Å². The van der Waals surface area contributed by atoms with E-state index in [4.69, 9.17) is 18.9 Å². The molecule has 10 atom stereocenters. The third-order valence-electron chi connectivity index (χ3n) is 7.96. The van der Waals surface area contributed by atoms with E-state index in [2.05, 4.69) is 32.1 Å². The molecule has 2 aliphatic rings. The van der Waals surface area contributed by atoms with Crippen molar-refractivity contribution in [2.24, 2.45) is 0 Å². The molecular weight excluding hydrogens is 576 g/mol. The number of hydrogen-bond acceptors (Lipinski definition) is 12. The van der Waals surface area contributed by atoms with Crippen LogP contribution >= 0.6 is 0 Å². The van der Waals surface area contributed by atoms with Crippen molar-refractivity contribution in [1.29, 1.82) is 0 Å². The van der Waals surface area contributed by atoms with E-state index in [1.54, 1.807) is 0 Å². The number of ether oxygens (including phenoxy) is 4. The first-order valence-corrected chi connectivity index (χ1v) is 15.4. The highest BCUT2D eigenvalue weighted by Crippen LogP contribution is 2.24. The van der Waals surface area contributed by atoms with Gasteiger partial charge in [0.25, 0.3) is 0 Å². The first kappa shape index (κ1) is 38.7. The summed E-state index contributed by atoms with van der Waals surface area (Å²) in [4.78, 5) is 0. The SMILES string of the molecule is C/C(=C\CC/C(C)=C/CO[C@@H]1O[C@H](CO)[C@@H](O)[C@H](O)[C@H]1O)CC/C=C(\C)CC/C=C(\C)CO[C@@H]1O[C@H](CO)[C@@H](O)[C@H](O)[C@H]1O. The minimum atomic E-state index is -1.46. The minimum Gasteiger partial charge on any atom is -0.394 e. The average Bonchev–Trinajstić information content (AvgIpc) is 2.99. The van der Waals surface area contributed by atoms with Gasteiger partial charge in [0.15, 0.2) is 12.6 Å². The molecule has 0 aromatic carbocycles. The molecule has 12 heteroatoms. The molecule has 0 bridgehead atoms. The van der Waals surface area contributed by atoms with Crippen LogP contribution in [0.3, 0.4) is 0 Å². The van der Waals surface area contributed by atoms with Crippen LogP contribution in [0.4, 0.5) is 0 Å². The van der Waals surface area contributed by atoms with Crippen LogP contribution in [-0.2, 0) is 18.9 Å². The molecule has 2 saturated heterocycles. The van der Waals surface area contributed by atoms with E-state index in [0.29, 0.717) is 0 Å². The van der Waals surface area contributed by atoms with Crippen LogP contribution in [0.25, 0.3) is 0 Å². The second-order valence-electron chi connectivity index (χ2n) is 11.9. The van der Waals surface area contributed by atoms with Crippen molar-refractivity contribution < 1.29 is 59.8 Å². The number of hydrogen-bond donors (Lipinski definition) is 8. The molecule has 8 N–H and O–H groups in total. The van der Waals surface area contributed by atoms with Crippen LogP contribution in [0.15, 0.2) is 46.6 Å². The number of allylic oxidation sites excluding steroid dienone is 6. The summed E-state index contributed by atoms with van der Waals surface area (Å²) in [5.74, 6) is 0. The van der Waals surface area contributed by atoms with Gasteiger partial charge in [0.05, 0.1) is 26.4 Å². The maximum atomic E-state index is 10.1. The highest BCUT2D eigenvalue weighted by atomic mass is 16.7. The fourth-order valence-electron chi connectivity index (χ4n) is 4.91. The highest BCUT2D eigenvalue weighted by molar-refractivity contribution is 5.08. The lowest BCUT2D eigenvalue weighted by Gasteiger charge is -2.39. The molecule has 2 aliphatic heterocycles. The van der Waals surface area contributed by atoms with Gasteiger partial charge in [-0.3, -0.25) is 0 Å². The Labute approximate surface area is 260 Å². The first-order valence-electron chi connectivity index (χ1n) is 15.4. The van der Waals surface area contributed by atoms with Crippen LogP contribution in [-0.4, -0.2) is 129 Å². The van der Waals surface area contributed by atoms with Gasteiger partial charge in [-0.25, -0.2) is 0 Å². The van der Waals surface area contributed by atoms with Crippen molar-refractivity contribution >= 4 is 0 Å². The van der Waals surface area contributed by atoms with Crippen LogP contribution in [0.1, 0.15) is 66.2 Å². The van der Waals surface area contributed by atoms with E-state index < -0.39 is 74.6 Å².